The van der Waals surface area contributed by atoms with Crippen LogP contribution in [0.25, 0.3) is 5.76 Å². The van der Waals surface area contributed by atoms with Crippen LogP contribution in [0.1, 0.15) is 71.0 Å². The van der Waals surface area contributed by atoms with Crippen molar-refractivity contribution < 1.29 is 14.6 Å². The molecular formula is C22H26FN3O4S. The van der Waals surface area contributed by atoms with Gasteiger partial charge >= 0.3 is 5.69 Å². The highest BCUT2D eigenvalue weighted by molar-refractivity contribution is 7.12. The molecule has 9 heteroatoms. The minimum Gasteiger partial charge on any atom is -0.504 e. The number of nitrogens with two attached hydrogens (primary N) is 1. The molecule has 0 bridgehead atoms. The SMILES string of the molecule is CC1c2[nH]c(=O)[nH]c(=O)c2C(O)=C(F)C1(c1cc2c(s1)CCCC2C(O)CN)C1CC1. The number of H-pyrrole nitrogens is 2. The van der Waals surface area contributed by atoms with E-state index in [1.165, 1.54) is 11.3 Å². The van der Waals surface area contributed by atoms with Crippen LogP contribution >= 0.6 is 11.3 Å². The first-order valence-electron chi connectivity index (χ1n) is 10.8. The van der Waals surface area contributed by atoms with E-state index in [1.54, 1.807) is 0 Å². The van der Waals surface area contributed by atoms with Gasteiger partial charge in [-0.05, 0) is 49.7 Å². The third-order valence-electron chi connectivity index (χ3n) is 7.39. The van der Waals surface area contributed by atoms with E-state index in [0.29, 0.717) is 0 Å². The molecule has 7 nitrogen and oxygen atoms in total. The van der Waals surface area contributed by atoms with Gasteiger partial charge in [0.15, 0.2) is 11.6 Å². The first-order valence-corrected chi connectivity index (χ1v) is 11.6. The third-order valence-corrected chi connectivity index (χ3v) is 8.75. The van der Waals surface area contributed by atoms with E-state index in [9.17, 15) is 19.8 Å². The second-order valence-electron chi connectivity index (χ2n) is 9.02. The number of aromatic nitrogens is 2. The fourth-order valence-electron chi connectivity index (χ4n) is 5.74. The lowest BCUT2D eigenvalue weighted by Crippen LogP contribution is -2.42. The van der Waals surface area contributed by atoms with Crippen molar-refractivity contribution in [1.29, 1.82) is 0 Å². The average Bonchev–Trinajstić information content (AvgIpc) is 3.49. The minimum absolute atomic E-state index is 0.0430. The van der Waals surface area contributed by atoms with Gasteiger partial charge in [-0.2, -0.15) is 0 Å². The lowest BCUT2D eigenvalue weighted by Gasteiger charge is -2.41. The Hall–Kier alpha value is -2.23. The first kappa shape index (κ1) is 20.7. The number of thiophene rings is 1. The number of nitrogens with one attached hydrogen (secondary N) is 2. The first-order chi connectivity index (χ1) is 14.8. The van der Waals surface area contributed by atoms with Gasteiger partial charge in [0.05, 0.1) is 11.5 Å². The van der Waals surface area contributed by atoms with Crippen LogP contribution in [0.4, 0.5) is 4.39 Å². The Morgan fingerprint density at radius 3 is 2.74 bits per heavy atom. The van der Waals surface area contributed by atoms with Crippen LogP contribution < -0.4 is 17.0 Å². The lowest BCUT2D eigenvalue weighted by molar-refractivity contribution is 0.142. The lowest BCUT2D eigenvalue weighted by atomic mass is 9.64. The number of aromatic amines is 2. The fraction of sp³-hybridized carbons (Fsp3) is 0.545. The molecule has 0 spiro atoms. The molecule has 2 heterocycles. The maximum absolute atomic E-state index is 16.1. The molecule has 1 saturated carbocycles. The van der Waals surface area contributed by atoms with Crippen LogP contribution in [-0.2, 0) is 11.8 Å². The Bertz CT molecular complexity index is 1190. The number of aliphatic hydroxyl groups excluding tert-OH is 2. The maximum Gasteiger partial charge on any atom is 0.325 e. The molecule has 0 radical (unpaired) electrons. The summed E-state index contributed by atoms with van der Waals surface area (Å²) in [6.45, 7) is 1.97. The quantitative estimate of drug-likeness (QED) is 0.491. The molecule has 5 rings (SSSR count). The van der Waals surface area contributed by atoms with Gasteiger partial charge in [-0.3, -0.25) is 9.78 Å². The van der Waals surface area contributed by atoms with Crippen molar-refractivity contribution in [2.24, 2.45) is 11.7 Å². The fourth-order valence-corrected chi connectivity index (χ4v) is 7.37. The third kappa shape index (κ3) is 2.83. The van der Waals surface area contributed by atoms with Crippen molar-refractivity contribution >= 4 is 17.1 Å². The summed E-state index contributed by atoms with van der Waals surface area (Å²) in [6.07, 6.45) is 3.54. The molecule has 0 amide bonds. The van der Waals surface area contributed by atoms with E-state index < -0.39 is 40.3 Å². The number of halogens is 1. The van der Waals surface area contributed by atoms with Crippen molar-refractivity contribution in [2.75, 3.05) is 6.54 Å². The maximum atomic E-state index is 16.1. The number of allylic oxidation sites excluding steroid dienone is 1. The highest BCUT2D eigenvalue weighted by Crippen LogP contribution is 2.63. The van der Waals surface area contributed by atoms with Crippen LogP contribution in [0.2, 0.25) is 0 Å². The van der Waals surface area contributed by atoms with Crippen molar-refractivity contribution in [2.45, 2.75) is 62.4 Å². The smallest absolute Gasteiger partial charge is 0.325 e. The number of fused-ring (bicyclic) bond motifs is 2. The molecule has 0 saturated heterocycles. The predicted octanol–water partition coefficient (Wildman–Crippen LogP) is 2.53. The van der Waals surface area contributed by atoms with E-state index in [4.69, 9.17) is 5.73 Å². The van der Waals surface area contributed by atoms with Crippen molar-refractivity contribution in [3.8, 4) is 0 Å². The van der Waals surface area contributed by atoms with E-state index in [0.717, 1.165) is 47.4 Å². The van der Waals surface area contributed by atoms with Gasteiger partial charge in [-0.15, -0.1) is 11.3 Å². The van der Waals surface area contributed by atoms with Crippen LogP contribution in [0, 0.1) is 5.92 Å². The zero-order valence-corrected chi connectivity index (χ0v) is 18.0. The predicted molar refractivity (Wildman–Crippen MR) is 116 cm³/mol. The van der Waals surface area contributed by atoms with Gasteiger partial charge in [0.25, 0.3) is 5.56 Å². The van der Waals surface area contributed by atoms with Crippen LogP contribution in [0.5, 0.6) is 0 Å². The second kappa shape index (κ2) is 7.15. The Morgan fingerprint density at radius 2 is 2.06 bits per heavy atom. The van der Waals surface area contributed by atoms with Crippen molar-refractivity contribution in [1.82, 2.24) is 9.97 Å². The zero-order chi connectivity index (χ0) is 22.1. The van der Waals surface area contributed by atoms with Crippen molar-refractivity contribution in [3.05, 3.63) is 59.3 Å². The van der Waals surface area contributed by atoms with Crippen molar-refractivity contribution in [3.63, 3.8) is 0 Å². The van der Waals surface area contributed by atoms with Crippen LogP contribution in [0.15, 0.2) is 21.5 Å². The summed E-state index contributed by atoms with van der Waals surface area (Å²) < 4.78 is 16.1. The molecular weight excluding hydrogens is 421 g/mol. The number of rotatable bonds is 4. The second-order valence-corrected chi connectivity index (χ2v) is 10.2. The topological polar surface area (TPSA) is 132 Å². The Labute approximate surface area is 181 Å². The molecule has 2 aromatic rings. The van der Waals surface area contributed by atoms with E-state index in [2.05, 4.69) is 9.97 Å². The number of hydrogen-bond acceptors (Lipinski definition) is 6. The van der Waals surface area contributed by atoms with Gasteiger partial charge in [-0.1, -0.05) is 6.92 Å². The molecule has 1 fully saturated rings. The standard InChI is InChI=1S/C22H26FN3O4S/c1-9-17-16(20(29)26-21(30)25-17)18(28)19(23)22(9,10-5-6-10)15-7-12-11(13(27)8-24)3-2-4-14(12)31-15/h7,9-11,13,27-28H,2-6,8,24H2,1H3,(H2,25,26,29,30). The van der Waals surface area contributed by atoms with Crippen LogP contribution in [-0.4, -0.2) is 32.8 Å². The summed E-state index contributed by atoms with van der Waals surface area (Å²) in [4.78, 5) is 31.0. The Kier molecular flexibility index (Phi) is 4.76. The summed E-state index contributed by atoms with van der Waals surface area (Å²) in [5, 5.41) is 21.2. The van der Waals surface area contributed by atoms with Gasteiger partial charge in [-0.25, -0.2) is 9.18 Å². The summed E-state index contributed by atoms with van der Waals surface area (Å²) >= 11 is 1.52. The highest BCUT2D eigenvalue weighted by Gasteiger charge is 2.59. The molecule has 3 aliphatic carbocycles. The van der Waals surface area contributed by atoms with Gasteiger partial charge < -0.3 is 20.9 Å². The molecule has 0 aromatic carbocycles. The average molecular weight is 448 g/mol. The van der Waals surface area contributed by atoms with Crippen LogP contribution in [0.3, 0.4) is 0 Å². The summed E-state index contributed by atoms with van der Waals surface area (Å²) in [5.41, 5.74) is 4.19. The number of hydrogen-bond donors (Lipinski definition) is 5. The van der Waals surface area contributed by atoms with E-state index >= 15 is 4.39 Å². The molecule has 4 unspecified atom stereocenters. The zero-order valence-electron chi connectivity index (χ0n) is 17.2. The van der Waals surface area contributed by atoms with Gasteiger partial charge in [0.2, 0.25) is 0 Å². The summed E-state index contributed by atoms with van der Waals surface area (Å²) in [6, 6.07) is 1.97. The summed E-state index contributed by atoms with van der Waals surface area (Å²) in [5.74, 6) is -2.08. The molecule has 6 N–H and O–H groups in total. The summed E-state index contributed by atoms with van der Waals surface area (Å²) in [7, 11) is 0. The minimum atomic E-state index is -1.14. The normalized spacial score (nSPS) is 28.9. The molecule has 2 aromatic heterocycles. The molecule has 3 aliphatic rings. The number of aryl methyl sites for hydroxylation is 1. The van der Waals surface area contributed by atoms with Gasteiger partial charge in [0.1, 0.15) is 5.56 Å². The number of aliphatic hydroxyl groups is 2. The molecule has 0 aliphatic heterocycles. The Morgan fingerprint density at radius 1 is 1.32 bits per heavy atom. The molecule has 31 heavy (non-hydrogen) atoms. The van der Waals surface area contributed by atoms with Gasteiger partial charge in [0, 0.05) is 33.8 Å². The molecule has 4 atom stereocenters. The highest BCUT2D eigenvalue weighted by atomic mass is 32.1. The molecule has 166 valence electrons. The largest absolute Gasteiger partial charge is 0.504 e. The monoisotopic (exact) mass is 447 g/mol. The Balaban J connectivity index is 1.74. The van der Waals surface area contributed by atoms with E-state index in [1.807, 2.05) is 13.0 Å². The van der Waals surface area contributed by atoms with E-state index in [-0.39, 0.29) is 29.6 Å².